The minimum Gasteiger partial charge on any atom is -0.389 e. The molecule has 110 valence electrons. The molecule has 5 heteroatoms. The first-order chi connectivity index (χ1) is 10.1. The van der Waals surface area contributed by atoms with Gasteiger partial charge in [0.15, 0.2) is 0 Å². The Balaban J connectivity index is 1.79. The van der Waals surface area contributed by atoms with Gasteiger partial charge in [-0.05, 0) is 48.6 Å². The van der Waals surface area contributed by atoms with E-state index in [2.05, 4.69) is 10.0 Å². The fourth-order valence-electron chi connectivity index (χ4n) is 5.39. The molecule has 5 rings (SSSR count). The first-order valence-corrected chi connectivity index (χ1v) is 7.94. The van der Waals surface area contributed by atoms with Crippen LogP contribution in [0.1, 0.15) is 37.3 Å². The lowest BCUT2D eigenvalue weighted by Gasteiger charge is -2.42. The van der Waals surface area contributed by atoms with Gasteiger partial charge in [0.1, 0.15) is 0 Å². The largest absolute Gasteiger partial charge is 0.389 e. The second-order valence-electron chi connectivity index (χ2n) is 7.02. The summed E-state index contributed by atoms with van der Waals surface area (Å²) in [5.74, 6) is 0.718. The van der Waals surface area contributed by atoms with Gasteiger partial charge in [0.05, 0.1) is 16.5 Å². The van der Waals surface area contributed by atoms with Crippen molar-refractivity contribution < 1.29 is 5.11 Å². The molecule has 6 atom stereocenters. The molecule has 1 aromatic rings. The molecule has 4 nitrogen and oxygen atoms in total. The molecule has 0 aliphatic heterocycles. The van der Waals surface area contributed by atoms with Gasteiger partial charge >= 0.3 is 0 Å². The van der Waals surface area contributed by atoms with E-state index < -0.39 is 5.60 Å². The van der Waals surface area contributed by atoms with Gasteiger partial charge < -0.3 is 5.11 Å². The molecule has 0 spiro atoms. The maximum Gasteiger partial charge on any atom is 0.0705 e. The summed E-state index contributed by atoms with van der Waals surface area (Å²) in [6.07, 6.45) is 3.49. The molecule has 0 saturated heterocycles. The third kappa shape index (κ3) is 1.83. The summed E-state index contributed by atoms with van der Waals surface area (Å²) in [5, 5.41) is 15.2. The highest BCUT2D eigenvalue weighted by Crippen LogP contribution is 2.70. The summed E-state index contributed by atoms with van der Waals surface area (Å²) in [7, 11) is 0. The molecular formula is C16H18ClN3O. The van der Waals surface area contributed by atoms with Crippen LogP contribution in [0.4, 0.5) is 0 Å². The summed E-state index contributed by atoms with van der Waals surface area (Å²) >= 11 is 6.81. The van der Waals surface area contributed by atoms with E-state index in [0.717, 1.165) is 24.8 Å². The summed E-state index contributed by atoms with van der Waals surface area (Å²) in [6, 6.07) is 9.46. The van der Waals surface area contributed by atoms with Gasteiger partial charge in [-0.3, -0.25) is 0 Å². The van der Waals surface area contributed by atoms with Gasteiger partial charge in [0, 0.05) is 10.8 Å². The second-order valence-corrected chi connectivity index (χ2v) is 7.77. The SMILES string of the molecule is [N-]=[N+]=NC(c1ccccc1)[C@H]1C2CC3C[C@@]2(Cl)C[C@@]1(O)C3. The molecule has 3 unspecified atom stereocenters. The molecule has 0 radical (unpaired) electrons. The summed E-state index contributed by atoms with van der Waals surface area (Å²) < 4.78 is 0. The van der Waals surface area contributed by atoms with Crippen LogP contribution < -0.4 is 0 Å². The van der Waals surface area contributed by atoms with Gasteiger partial charge in [-0.1, -0.05) is 35.4 Å². The summed E-state index contributed by atoms with van der Waals surface area (Å²) in [5.41, 5.74) is 9.19. The topological polar surface area (TPSA) is 69.0 Å². The Morgan fingerprint density at radius 1 is 1.33 bits per heavy atom. The normalized spacial score (nSPS) is 44.6. The van der Waals surface area contributed by atoms with E-state index in [0.29, 0.717) is 12.3 Å². The third-order valence-electron chi connectivity index (χ3n) is 5.83. The molecule has 4 aliphatic rings. The molecule has 0 heterocycles. The lowest BCUT2D eigenvalue weighted by molar-refractivity contribution is -0.0643. The fourth-order valence-corrected chi connectivity index (χ4v) is 6.06. The number of halogens is 1. The highest BCUT2D eigenvalue weighted by molar-refractivity contribution is 6.24. The Morgan fingerprint density at radius 2 is 2.10 bits per heavy atom. The van der Waals surface area contributed by atoms with Gasteiger partial charge in [-0.25, -0.2) is 0 Å². The molecule has 0 amide bonds. The first-order valence-electron chi connectivity index (χ1n) is 7.56. The number of hydrogen-bond donors (Lipinski definition) is 1. The van der Waals surface area contributed by atoms with Crippen LogP contribution in [0.5, 0.6) is 0 Å². The first kappa shape index (κ1) is 13.4. The highest BCUT2D eigenvalue weighted by Gasteiger charge is 2.69. The average Bonchev–Trinajstić information content (AvgIpc) is 2.76. The fraction of sp³-hybridized carbons (Fsp3) is 0.625. The van der Waals surface area contributed by atoms with Crippen LogP contribution in [0.3, 0.4) is 0 Å². The zero-order valence-electron chi connectivity index (χ0n) is 11.7. The maximum absolute atomic E-state index is 11.1. The van der Waals surface area contributed by atoms with Crippen LogP contribution in [0.15, 0.2) is 35.4 Å². The van der Waals surface area contributed by atoms with Crippen molar-refractivity contribution in [2.24, 2.45) is 22.9 Å². The Labute approximate surface area is 128 Å². The van der Waals surface area contributed by atoms with Crippen molar-refractivity contribution in [2.75, 3.05) is 0 Å². The Morgan fingerprint density at radius 3 is 2.76 bits per heavy atom. The number of hydrogen-bond acceptors (Lipinski definition) is 2. The van der Waals surface area contributed by atoms with Crippen LogP contribution >= 0.6 is 11.6 Å². The molecule has 4 saturated carbocycles. The van der Waals surface area contributed by atoms with Crippen molar-refractivity contribution >= 4 is 11.6 Å². The molecule has 21 heavy (non-hydrogen) atoms. The smallest absolute Gasteiger partial charge is 0.0705 e. The number of rotatable bonds is 3. The van der Waals surface area contributed by atoms with E-state index in [1.165, 1.54) is 0 Å². The average molecular weight is 304 g/mol. The maximum atomic E-state index is 11.1. The second kappa shape index (κ2) is 4.39. The van der Waals surface area contributed by atoms with Gasteiger partial charge in [0.25, 0.3) is 0 Å². The van der Waals surface area contributed by atoms with Crippen LogP contribution in [-0.2, 0) is 0 Å². The van der Waals surface area contributed by atoms with Crippen molar-refractivity contribution in [1.29, 1.82) is 0 Å². The molecule has 0 aromatic heterocycles. The standard InChI is InChI=1S/C16H18ClN3O/c17-15-7-10-6-12(15)13(16(21,8-10)9-15)14(19-20-18)11-4-2-1-3-5-11/h1-5,10,12-14,21H,6-9H2/t10?,12?,13-,14?,15-,16+/m1/s1. The van der Waals surface area contributed by atoms with E-state index in [1.807, 2.05) is 30.3 Å². The lowest BCUT2D eigenvalue weighted by atomic mass is 9.68. The molecule has 1 N–H and O–H groups in total. The van der Waals surface area contributed by atoms with Crippen molar-refractivity contribution in [3.63, 3.8) is 0 Å². The molecule has 4 fully saturated rings. The van der Waals surface area contributed by atoms with Crippen molar-refractivity contribution in [1.82, 2.24) is 0 Å². The predicted molar refractivity (Wildman–Crippen MR) is 80.8 cm³/mol. The van der Waals surface area contributed by atoms with Crippen molar-refractivity contribution in [3.05, 3.63) is 46.3 Å². The van der Waals surface area contributed by atoms with Crippen LogP contribution in [-0.4, -0.2) is 15.6 Å². The number of azide groups is 1. The molecule has 4 bridgehead atoms. The quantitative estimate of drug-likeness (QED) is 0.387. The van der Waals surface area contributed by atoms with Crippen LogP contribution in [0.2, 0.25) is 0 Å². The van der Waals surface area contributed by atoms with Crippen LogP contribution in [0, 0.1) is 17.8 Å². The van der Waals surface area contributed by atoms with E-state index in [4.69, 9.17) is 17.1 Å². The third-order valence-corrected chi connectivity index (χ3v) is 6.40. The number of alkyl halides is 1. The highest BCUT2D eigenvalue weighted by atomic mass is 35.5. The van der Waals surface area contributed by atoms with Crippen molar-refractivity contribution in [3.8, 4) is 0 Å². The molecular weight excluding hydrogens is 286 g/mol. The molecule has 1 aromatic carbocycles. The predicted octanol–water partition coefficient (Wildman–Crippen LogP) is 4.20. The minimum atomic E-state index is -0.776. The van der Waals surface area contributed by atoms with E-state index in [-0.39, 0.29) is 22.8 Å². The monoisotopic (exact) mass is 303 g/mol. The minimum absolute atomic E-state index is 0.0629. The Kier molecular flexibility index (Phi) is 2.81. The van der Waals surface area contributed by atoms with Crippen LogP contribution in [0.25, 0.3) is 10.4 Å². The van der Waals surface area contributed by atoms with Crippen molar-refractivity contribution in [2.45, 2.75) is 42.2 Å². The zero-order chi connectivity index (χ0) is 14.7. The van der Waals surface area contributed by atoms with E-state index in [1.54, 1.807) is 0 Å². The van der Waals surface area contributed by atoms with E-state index >= 15 is 0 Å². The zero-order valence-corrected chi connectivity index (χ0v) is 12.4. The Hall–Kier alpha value is -1.22. The number of nitrogens with zero attached hydrogens (tertiary/aromatic N) is 3. The molecule has 4 aliphatic carbocycles. The summed E-state index contributed by atoms with van der Waals surface area (Å²) in [6.45, 7) is 0. The van der Waals surface area contributed by atoms with Gasteiger partial charge in [0.2, 0.25) is 0 Å². The van der Waals surface area contributed by atoms with Gasteiger partial charge in [-0.2, -0.15) is 0 Å². The number of benzene rings is 1. The number of aliphatic hydroxyl groups is 1. The lowest BCUT2D eigenvalue weighted by Crippen LogP contribution is -2.44. The Bertz CT molecular complexity index is 617. The van der Waals surface area contributed by atoms with E-state index in [9.17, 15) is 5.11 Å². The summed E-state index contributed by atoms with van der Waals surface area (Å²) in [4.78, 5) is 2.76. The van der Waals surface area contributed by atoms with Gasteiger partial charge in [-0.15, -0.1) is 11.6 Å².